The van der Waals surface area contributed by atoms with E-state index in [1.54, 1.807) is 36.4 Å². The molecule has 0 saturated heterocycles. The first-order valence-electron chi connectivity index (χ1n) is 15.3. The summed E-state index contributed by atoms with van der Waals surface area (Å²) in [4.78, 5) is 52.4. The topological polar surface area (TPSA) is 189 Å². The number of hydrogen-bond donors (Lipinski definition) is 8. The molecule has 0 radical (unpaired) electrons. The van der Waals surface area contributed by atoms with Crippen molar-refractivity contribution in [3.05, 3.63) is 125 Å². The zero-order chi connectivity index (χ0) is 34.5. The molecule has 4 amide bonds. The van der Waals surface area contributed by atoms with Gasteiger partial charge in [-0.3, -0.25) is 30.0 Å². The van der Waals surface area contributed by atoms with Crippen LogP contribution in [-0.4, -0.2) is 57.1 Å². The van der Waals surface area contributed by atoms with Crippen molar-refractivity contribution in [2.45, 2.75) is 50.9 Å². The third-order valence-corrected chi connectivity index (χ3v) is 7.47. The fourth-order valence-electron chi connectivity index (χ4n) is 4.90. The van der Waals surface area contributed by atoms with Crippen LogP contribution in [-0.2, 0) is 45.0 Å². The van der Waals surface area contributed by atoms with Gasteiger partial charge in [-0.25, -0.2) is 0 Å². The van der Waals surface area contributed by atoms with Gasteiger partial charge in [0.2, 0.25) is 17.7 Å². The Morgan fingerprint density at radius 3 is 1.33 bits per heavy atom. The molecule has 4 aromatic carbocycles. The number of hydrazine groups is 1. The van der Waals surface area contributed by atoms with Gasteiger partial charge in [-0.2, -0.15) is 0 Å². The van der Waals surface area contributed by atoms with E-state index in [-0.39, 0.29) is 36.5 Å². The summed E-state index contributed by atoms with van der Waals surface area (Å²) in [5, 5.41) is 38.1. The van der Waals surface area contributed by atoms with Gasteiger partial charge in [0.15, 0.2) is 0 Å². The summed E-state index contributed by atoms with van der Waals surface area (Å²) in [5.74, 6) is -2.20. The van der Waals surface area contributed by atoms with Gasteiger partial charge in [-0.15, -0.1) is 0 Å². The van der Waals surface area contributed by atoms with Crippen LogP contribution in [0.15, 0.2) is 103 Å². The first-order chi connectivity index (χ1) is 23.0. The monoisotopic (exact) mass is 653 g/mol. The minimum atomic E-state index is -1.17. The van der Waals surface area contributed by atoms with E-state index in [9.17, 15) is 34.5 Å². The molecule has 0 saturated carbocycles. The summed E-state index contributed by atoms with van der Waals surface area (Å²) in [7, 11) is 0. The van der Waals surface area contributed by atoms with Crippen LogP contribution in [0, 0.1) is 0 Å². The van der Waals surface area contributed by atoms with Crippen LogP contribution in [0.3, 0.4) is 0 Å². The normalized spacial score (nSPS) is 12.6. The summed E-state index contributed by atoms with van der Waals surface area (Å²) in [5.41, 5.74) is 7.49. The number of amides is 4. The minimum Gasteiger partial charge on any atom is -0.508 e. The van der Waals surface area contributed by atoms with Crippen molar-refractivity contribution in [3.8, 4) is 17.2 Å². The molecule has 0 spiro atoms. The zero-order valence-corrected chi connectivity index (χ0v) is 26.4. The van der Waals surface area contributed by atoms with Crippen LogP contribution < -0.4 is 26.8 Å². The Bertz CT molecular complexity index is 1660. The van der Waals surface area contributed by atoms with Crippen molar-refractivity contribution < 1.29 is 34.5 Å². The molecule has 0 heterocycles. The van der Waals surface area contributed by atoms with E-state index in [4.69, 9.17) is 0 Å². The van der Waals surface area contributed by atoms with Crippen molar-refractivity contribution in [1.82, 2.24) is 26.8 Å². The maximum atomic E-state index is 13.9. The van der Waals surface area contributed by atoms with Gasteiger partial charge in [-0.05, 0) is 65.1 Å². The Hall–Kier alpha value is -5.88. The largest absolute Gasteiger partial charge is 0.508 e. The minimum absolute atomic E-state index is 0.0133. The van der Waals surface area contributed by atoms with Crippen LogP contribution in [0.25, 0.3) is 0 Å². The molecule has 4 aromatic rings. The molecule has 48 heavy (non-hydrogen) atoms. The molecule has 0 aliphatic carbocycles. The Kier molecular flexibility index (Phi) is 12.5. The van der Waals surface area contributed by atoms with E-state index >= 15 is 0 Å². The van der Waals surface area contributed by atoms with Gasteiger partial charge in [0, 0.05) is 26.3 Å². The standard InChI is InChI=1S/C36H39N5O7/c1-23(42)40-41-36(48)33(21-26-11-17-30(45)18-12-26)39-35(47)32(20-25-9-15-29(44)16-10-25)38-34(46)31(19-24-7-13-28(43)14-8-24)37-22-27-5-3-2-4-6-27/h2-18,31-33,37,43-45H,19-22H2,1H3,(H,38,46)(H,39,47)(H,40,42)(H,41,48)/t31-,32-,33-/m0/s1. The number of carbonyl (C=O) groups excluding carboxylic acids is 4. The van der Waals surface area contributed by atoms with Crippen LogP contribution in [0.4, 0.5) is 0 Å². The number of benzene rings is 4. The molecule has 3 atom stereocenters. The fourth-order valence-corrected chi connectivity index (χ4v) is 4.90. The molecule has 8 N–H and O–H groups in total. The maximum Gasteiger partial charge on any atom is 0.261 e. The summed E-state index contributed by atoms with van der Waals surface area (Å²) < 4.78 is 0. The molecule has 0 aliphatic rings. The quantitative estimate of drug-likeness (QED) is 0.0950. The molecule has 12 heteroatoms. The van der Waals surface area contributed by atoms with Gasteiger partial charge >= 0.3 is 0 Å². The molecule has 0 fully saturated rings. The Balaban J connectivity index is 1.59. The number of phenolic OH excluding ortho intramolecular Hbond substituents is 3. The predicted octanol–water partition coefficient (Wildman–Crippen LogP) is 2.13. The third kappa shape index (κ3) is 11.2. The third-order valence-electron chi connectivity index (χ3n) is 7.47. The number of phenols is 3. The van der Waals surface area contributed by atoms with E-state index in [1.807, 2.05) is 30.3 Å². The second kappa shape index (κ2) is 17.2. The summed E-state index contributed by atoms with van der Waals surface area (Å²) in [6, 6.07) is 25.2. The average molecular weight is 654 g/mol. The fraction of sp³-hybridized carbons (Fsp3) is 0.222. The van der Waals surface area contributed by atoms with Crippen molar-refractivity contribution in [2.75, 3.05) is 0 Å². The highest BCUT2D eigenvalue weighted by molar-refractivity contribution is 5.94. The van der Waals surface area contributed by atoms with Crippen molar-refractivity contribution in [3.63, 3.8) is 0 Å². The van der Waals surface area contributed by atoms with Crippen molar-refractivity contribution >= 4 is 23.6 Å². The SMILES string of the molecule is CC(=O)NNC(=O)[C@H](Cc1ccc(O)cc1)NC(=O)[C@H](Cc1ccc(O)cc1)NC(=O)[C@H](Cc1ccc(O)cc1)NCc1ccccc1. The number of hydrogen-bond acceptors (Lipinski definition) is 8. The lowest BCUT2D eigenvalue weighted by atomic mass is 10.0. The highest BCUT2D eigenvalue weighted by Gasteiger charge is 2.30. The van der Waals surface area contributed by atoms with E-state index in [0.29, 0.717) is 17.7 Å². The highest BCUT2D eigenvalue weighted by Crippen LogP contribution is 2.15. The molecule has 0 bridgehead atoms. The van der Waals surface area contributed by atoms with Crippen LogP contribution in [0.2, 0.25) is 0 Å². The van der Waals surface area contributed by atoms with Gasteiger partial charge in [0.05, 0.1) is 6.04 Å². The van der Waals surface area contributed by atoms with Crippen molar-refractivity contribution in [1.29, 1.82) is 0 Å². The van der Waals surface area contributed by atoms with E-state index in [0.717, 1.165) is 11.1 Å². The van der Waals surface area contributed by atoms with Crippen LogP contribution in [0.5, 0.6) is 17.2 Å². The molecule has 12 nitrogen and oxygen atoms in total. The molecule has 0 unspecified atom stereocenters. The van der Waals surface area contributed by atoms with Gasteiger partial charge in [0.1, 0.15) is 29.3 Å². The molecule has 0 aromatic heterocycles. The second-order valence-corrected chi connectivity index (χ2v) is 11.3. The number of aromatic hydroxyl groups is 3. The lowest BCUT2D eigenvalue weighted by Crippen LogP contribution is -2.58. The number of carbonyl (C=O) groups is 4. The predicted molar refractivity (Wildman–Crippen MR) is 178 cm³/mol. The Morgan fingerprint density at radius 2 is 0.896 bits per heavy atom. The second-order valence-electron chi connectivity index (χ2n) is 11.3. The molecule has 4 rings (SSSR count). The first kappa shape index (κ1) is 35.0. The highest BCUT2D eigenvalue weighted by atomic mass is 16.3. The molecular formula is C36H39N5O7. The lowest BCUT2D eigenvalue weighted by Gasteiger charge is -2.26. The molecule has 0 aliphatic heterocycles. The van der Waals surface area contributed by atoms with Crippen molar-refractivity contribution in [2.24, 2.45) is 0 Å². The molecular weight excluding hydrogens is 614 g/mol. The molecule has 250 valence electrons. The van der Waals surface area contributed by atoms with E-state index < -0.39 is 41.8 Å². The zero-order valence-electron chi connectivity index (χ0n) is 26.4. The average Bonchev–Trinajstić information content (AvgIpc) is 3.08. The Morgan fingerprint density at radius 1 is 0.500 bits per heavy atom. The summed E-state index contributed by atoms with van der Waals surface area (Å²) in [6.07, 6.45) is 0.288. The summed E-state index contributed by atoms with van der Waals surface area (Å²) in [6.45, 7) is 1.58. The van der Waals surface area contributed by atoms with Crippen LogP contribution in [0.1, 0.15) is 29.2 Å². The van der Waals surface area contributed by atoms with Gasteiger partial charge in [-0.1, -0.05) is 66.7 Å². The van der Waals surface area contributed by atoms with Gasteiger partial charge in [0.25, 0.3) is 5.91 Å². The number of rotatable bonds is 14. The Labute approximate surface area is 278 Å². The summed E-state index contributed by atoms with van der Waals surface area (Å²) >= 11 is 0. The van der Waals surface area contributed by atoms with Crippen LogP contribution >= 0.6 is 0 Å². The lowest BCUT2D eigenvalue weighted by molar-refractivity contribution is -0.133. The number of nitrogens with one attached hydrogen (secondary N) is 5. The van der Waals surface area contributed by atoms with E-state index in [2.05, 4.69) is 26.8 Å². The smallest absolute Gasteiger partial charge is 0.261 e. The van der Waals surface area contributed by atoms with E-state index in [1.165, 1.54) is 43.3 Å². The van der Waals surface area contributed by atoms with Gasteiger partial charge < -0.3 is 31.3 Å². The first-order valence-corrected chi connectivity index (χ1v) is 15.3. The maximum absolute atomic E-state index is 13.9.